The SMILES string of the molecule is O=[N+]([O-])c1cc(Cl)cc(C=NCCSCc2ccccc2F)c1[O-]. The Kier molecular flexibility index (Phi) is 6.57. The lowest BCUT2D eigenvalue weighted by Crippen LogP contribution is -2.02. The summed E-state index contributed by atoms with van der Waals surface area (Å²) < 4.78 is 13.4. The van der Waals surface area contributed by atoms with Crippen molar-refractivity contribution in [2.45, 2.75) is 5.75 Å². The van der Waals surface area contributed by atoms with Crippen LogP contribution in [0.5, 0.6) is 5.75 Å². The molecule has 0 aliphatic heterocycles. The largest absolute Gasteiger partial charge is 0.867 e. The zero-order valence-electron chi connectivity index (χ0n) is 12.4. The molecule has 0 saturated carbocycles. The second-order valence-electron chi connectivity index (χ2n) is 4.78. The summed E-state index contributed by atoms with van der Waals surface area (Å²) in [5, 5.41) is 22.7. The molecule has 0 spiro atoms. The van der Waals surface area contributed by atoms with Crippen molar-refractivity contribution in [2.75, 3.05) is 12.3 Å². The van der Waals surface area contributed by atoms with Gasteiger partial charge in [-0.25, -0.2) is 4.39 Å². The molecule has 2 rings (SSSR count). The molecule has 0 saturated heterocycles. The Labute approximate surface area is 147 Å². The van der Waals surface area contributed by atoms with Crippen molar-refractivity contribution >= 4 is 35.3 Å². The van der Waals surface area contributed by atoms with E-state index in [0.29, 0.717) is 23.6 Å². The van der Waals surface area contributed by atoms with Crippen LogP contribution in [-0.2, 0) is 5.75 Å². The van der Waals surface area contributed by atoms with E-state index in [-0.39, 0.29) is 16.4 Å². The smallest absolute Gasteiger partial charge is 0.263 e. The lowest BCUT2D eigenvalue weighted by molar-refractivity contribution is -0.398. The second-order valence-corrected chi connectivity index (χ2v) is 6.32. The van der Waals surface area contributed by atoms with E-state index >= 15 is 0 Å². The summed E-state index contributed by atoms with van der Waals surface area (Å²) in [6, 6.07) is 8.91. The number of nitrogens with zero attached hydrogens (tertiary/aromatic N) is 2. The van der Waals surface area contributed by atoms with Crippen LogP contribution in [0.2, 0.25) is 5.02 Å². The Morgan fingerprint density at radius 2 is 2.08 bits per heavy atom. The number of thioether (sulfide) groups is 1. The van der Waals surface area contributed by atoms with Crippen molar-refractivity contribution in [3.05, 3.63) is 68.5 Å². The van der Waals surface area contributed by atoms with Crippen LogP contribution in [-0.4, -0.2) is 23.4 Å². The van der Waals surface area contributed by atoms with Gasteiger partial charge in [0.2, 0.25) is 0 Å². The lowest BCUT2D eigenvalue weighted by atomic mass is 10.2. The van der Waals surface area contributed by atoms with E-state index in [1.165, 1.54) is 30.1 Å². The molecular formula is C16H13ClFN2O3S-. The van der Waals surface area contributed by atoms with Gasteiger partial charge < -0.3 is 5.11 Å². The summed E-state index contributed by atoms with van der Waals surface area (Å²) >= 11 is 7.27. The minimum Gasteiger partial charge on any atom is -0.867 e. The summed E-state index contributed by atoms with van der Waals surface area (Å²) in [6.07, 6.45) is 1.28. The normalized spacial score (nSPS) is 11.1. The van der Waals surface area contributed by atoms with Crippen LogP contribution in [0.15, 0.2) is 41.4 Å². The molecule has 0 unspecified atom stereocenters. The Hall–Kier alpha value is -2.12. The van der Waals surface area contributed by atoms with E-state index in [1.54, 1.807) is 18.2 Å². The highest BCUT2D eigenvalue weighted by molar-refractivity contribution is 7.98. The predicted molar refractivity (Wildman–Crippen MR) is 92.6 cm³/mol. The van der Waals surface area contributed by atoms with E-state index in [0.717, 1.165) is 6.07 Å². The average Bonchev–Trinajstić information content (AvgIpc) is 2.54. The average molecular weight is 368 g/mol. The van der Waals surface area contributed by atoms with E-state index in [2.05, 4.69) is 4.99 Å². The monoisotopic (exact) mass is 367 g/mol. The third-order valence-electron chi connectivity index (χ3n) is 3.07. The van der Waals surface area contributed by atoms with Crippen molar-refractivity contribution in [1.82, 2.24) is 0 Å². The Bertz CT molecular complexity index is 771. The van der Waals surface area contributed by atoms with Crippen molar-refractivity contribution in [3.63, 3.8) is 0 Å². The number of hydrogen-bond acceptors (Lipinski definition) is 5. The van der Waals surface area contributed by atoms with Crippen LogP contribution >= 0.6 is 23.4 Å². The molecule has 126 valence electrons. The molecule has 8 heteroatoms. The number of nitro groups is 1. The standard InChI is InChI=1S/C16H14ClFN2O3S/c17-13-7-12(16(21)15(8-13)20(22)23)9-19-5-6-24-10-11-3-1-2-4-14(11)18/h1-4,7-9,21H,5-6,10H2/p-1. The number of nitro benzene ring substituents is 1. The van der Waals surface area contributed by atoms with Gasteiger partial charge in [-0.2, -0.15) is 11.8 Å². The molecular weight excluding hydrogens is 355 g/mol. The highest BCUT2D eigenvalue weighted by Gasteiger charge is 2.11. The summed E-state index contributed by atoms with van der Waals surface area (Å²) in [4.78, 5) is 14.1. The first-order valence-corrected chi connectivity index (χ1v) is 8.48. The number of hydrogen-bond donors (Lipinski definition) is 0. The Morgan fingerprint density at radius 3 is 2.79 bits per heavy atom. The van der Waals surface area contributed by atoms with Crippen molar-refractivity contribution < 1.29 is 14.4 Å². The molecule has 24 heavy (non-hydrogen) atoms. The third kappa shape index (κ3) is 4.94. The molecule has 2 aromatic rings. The van der Waals surface area contributed by atoms with Crippen LogP contribution in [0.4, 0.5) is 10.1 Å². The maximum absolute atomic E-state index is 13.4. The molecule has 0 atom stereocenters. The van der Waals surface area contributed by atoms with Crippen LogP contribution in [0.1, 0.15) is 11.1 Å². The molecule has 0 heterocycles. The van der Waals surface area contributed by atoms with Crippen LogP contribution in [0, 0.1) is 15.9 Å². The van der Waals surface area contributed by atoms with Gasteiger partial charge in [-0.1, -0.05) is 29.8 Å². The predicted octanol–water partition coefficient (Wildman–Crippen LogP) is 3.81. The minimum atomic E-state index is -0.768. The van der Waals surface area contributed by atoms with Gasteiger partial charge in [0, 0.05) is 35.4 Å². The molecule has 0 amide bonds. The van der Waals surface area contributed by atoms with Gasteiger partial charge in [-0.3, -0.25) is 15.1 Å². The molecule has 0 N–H and O–H groups in total. The molecule has 0 fully saturated rings. The van der Waals surface area contributed by atoms with E-state index in [4.69, 9.17) is 11.6 Å². The van der Waals surface area contributed by atoms with Gasteiger partial charge in [0.1, 0.15) is 5.82 Å². The van der Waals surface area contributed by atoms with Gasteiger partial charge in [0.15, 0.2) is 0 Å². The lowest BCUT2D eigenvalue weighted by Gasteiger charge is -2.10. The molecule has 0 radical (unpaired) electrons. The number of benzene rings is 2. The highest BCUT2D eigenvalue weighted by atomic mass is 35.5. The maximum atomic E-state index is 13.4. The van der Waals surface area contributed by atoms with Crippen molar-refractivity contribution in [3.8, 4) is 5.75 Å². The molecule has 0 aliphatic rings. The quantitative estimate of drug-likeness (QED) is 0.322. The van der Waals surface area contributed by atoms with Crippen LogP contribution < -0.4 is 5.11 Å². The Morgan fingerprint density at radius 1 is 1.33 bits per heavy atom. The van der Waals surface area contributed by atoms with Crippen LogP contribution in [0.3, 0.4) is 0 Å². The number of aliphatic imine (C=N–C) groups is 1. The summed E-state index contributed by atoms with van der Waals surface area (Å²) in [5.74, 6) is 0.196. The van der Waals surface area contributed by atoms with Gasteiger partial charge in [-0.05, 0) is 29.0 Å². The number of halogens is 2. The first-order chi connectivity index (χ1) is 11.5. The summed E-state index contributed by atoms with van der Waals surface area (Å²) in [5.41, 5.74) is 0.130. The molecule has 5 nitrogen and oxygen atoms in total. The zero-order valence-corrected chi connectivity index (χ0v) is 14.0. The van der Waals surface area contributed by atoms with Gasteiger partial charge in [-0.15, -0.1) is 0 Å². The minimum absolute atomic E-state index is 0.0771. The molecule has 0 bridgehead atoms. The molecule has 0 aromatic heterocycles. The second kappa shape index (κ2) is 8.65. The summed E-state index contributed by atoms with van der Waals surface area (Å²) in [7, 11) is 0. The first kappa shape index (κ1) is 18.2. The topological polar surface area (TPSA) is 78.6 Å². The van der Waals surface area contributed by atoms with Gasteiger partial charge >= 0.3 is 0 Å². The fourth-order valence-corrected chi connectivity index (χ4v) is 2.96. The zero-order chi connectivity index (χ0) is 17.5. The van der Waals surface area contributed by atoms with Crippen molar-refractivity contribution in [2.24, 2.45) is 4.99 Å². The van der Waals surface area contributed by atoms with Crippen LogP contribution in [0.25, 0.3) is 0 Å². The Balaban J connectivity index is 1.89. The van der Waals surface area contributed by atoms with E-state index < -0.39 is 16.4 Å². The van der Waals surface area contributed by atoms with E-state index in [9.17, 15) is 19.6 Å². The third-order valence-corrected chi connectivity index (χ3v) is 4.27. The fraction of sp³-hybridized carbons (Fsp3) is 0.188. The fourth-order valence-electron chi connectivity index (χ4n) is 1.91. The first-order valence-electron chi connectivity index (χ1n) is 6.95. The maximum Gasteiger partial charge on any atom is 0.263 e. The molecule has 2 aromatic carbocycles. The van der Waals surface area contributed by atoms with Gasteiger partial charge in [0.25, 0.3) is 5.69 Å². The summed E-state index contributed by atoms with van der Waals surface area (Å²) in [6.45, 7) is 0.402. The van der Waals surface area contributed by atoms with Crippen molar-refractivity contribution in [1.29, 1.82) is 0 Å². The van der Waals surface area contributed by atoms with Gasteiger partial charge in [0.05, 0.1) is 4.92 Å². The molecule has 0 aliphatic carbocycles. The van der Waals surface area contributed by atoms with E-state index in [1.807, 2.05) is 0 Å². The number of rotatable bonds is 7. The highest BCUT2D eigenvalue weighted by Crippen LogP contribution is 2.30.